The zero-order valence-electron chi connectivity index (χ0n) is 14.4. The van der Waals surface area contributed by atoms with Crippen LogP contribution in [0.2, 0.25) is 0 Å². The number of halogens is 2. The zero-order chi connectivity index (χ0) is 18.1. The zero-order valence-corrected chi connectivity index (χ0v) is 14.4. The Balaban J connectivity index is 2.83. The highest BCUT2D eigenvalue weighted by Gasteiger charge is 2.18. The summed E-state index contributed by atoms with van der Waals surface area (Å²) in [7, 11) is 4.48. The molecule has 1 aromatic rings. The Morgan fingerprint density at radius 3 is 2.17 bits per heavy atom. The molecule has 0 bridgehead atoms. The Hall–Kier alpha value is -2.25. The van der Waals surface area contributed by atoms with Gasteiger partial charge in [-0.15, -0.1) is 0 Å². The summed E-state index contributed by atoms with van der Waals surface area (Å²) in [6.45, 7) is 1.66. The molecule has 24 heavy (non-hydrogen) atoms. The van der Waals surface area contributed by atoms with E-state index in [0.29, 0.717) is 29.2 Å². The highest BCUT2D eigenvalue weighted by atomic mass is 19.3. The van der Waals surface area contributed by atoms with Gasteiger partial charge in [-0.3, -0.25) is 0 Å². The number of hydrogen-bond donors (Lipinski definition) is 1. The van der Waals surface area contributed by atoms with Crippen LogP contribution in [0, 0.1) is 0 Å². The molecule has 0 aliphatic rings. The lowest BCUT2D eigenvalue weighted by atomic mass is 10.2. The van der Waals surface area contributed by atoms with Crippen LogP contribution in [-0.4, -0.2) is 51.8 Å². The number of nitrogens with zero attached hydrogens (tertiary/aromatic N) is 1. The quantitative estimate of drug-likeness (QED) is 0.747. The summed E-state index contributed by atoms with van der Waals surface area (Å²) in [5.74, 6) is 1.36. The lowest BCUT2D eigenvalue weighted by Crippen LogP contribution is -2.42. The van der Waals surface area contributed by atoms with Crippen LogP contribution in [0.5, 0.6) is 17.2 Å². The highest BCUT2D eigenvalue weighted by molar-refractivity contribution is 5.74. The van der Waals surface area contributed by atoms with Crippen LogP contribution in [0.1, 0.15) is 18.9 Å². The van der Waals surface area contributed by atoms with Crippen molar-refractivity contribution in [1.82, 2.24) is 10.2 Å². The number of amides is 2. The van der Waals surface area contributed by atoms with E-state index in [9.17, 15) is 13.6 Å². The summed E-state index contributed by atoms with van der Waals surface area (Å²) in [4.78, 5) is 13.2. The van der Waals surface area contributed by atoms with Crippen LogP contribution in [0.15, 0.2) is 12.1 Å². The van der Waals surface area contributed by atoms with Crippen LogP contribution >= 0.6 is 0 Å². The normalized spacial score (nSPS) is 10.5. The SMILES string of the molecule is CCCN(CC(F)F)C(=O)NCc1cc(OC)c(OC)c(OC)c1. The van der Waals surface area contributed by atoms with E-state index < -0.39 is 19.0 Å². The number of ether oxygens (including phenoxy) is 3. The van der Waals surface area contributed by atoms with E-state index in [4.69, 9.17) is 14.2 Å². The fourth-order valence-electron chi connectivity index (χ4n) is 2.24. The molecular weight excluding hydrogens is 322 g/mol. The first-order chi connectivity index (χ1) is 11.5. The Labute approximate surface area is 140 Å². The van der Waals surface area contributed by atoms with Gasteiger partial charge >= 0.3 is 6.03 Å². The van der Waals surface area contributed by atoms with Crippen molar-refractivity contribution < 1.29 is 27.8 Å². The van der Waals surface area contributed by atoms with Gasteiger partial charge in [0.05, 0.1) is 27.9 Å². The molecule has 8 heteroatoms. The smallest absolute Gasteiger partial charge is 0.317 e. The van der Waals surface area contributed by atoms with E-state index in [1.54, 1.807) is 12.1 Å². The predicted octanol–water partition coefficient (Wildman–Crippen LogP) is 2.90. The number of carbonyl (C=O) groups is 1. The number of alkyl halides is 2. The summed E-state index contributed by atoms with van der Waals surface area (Å²) in [5, 5.41) is 2.63. The molecular formula is C16H24F2N2O4. The van der Waals surface area contributed by atoms with Gasteiger partial charge < -0.3 is 24.4 Å². The molecule has 0 spiro atoms. The van der Waals surface area contributed by atoms with Crippen molar-refractivity contribution in [2.75, 3.05) is 34.4 Å². The Morgan fingerprint density at radius 1 is 1.17 bits per heavy atom. The summed E-state index contributed by atoms with van der Waals surface area (Å²) >= 11 is 0. The molecule has 0 fully saturated rings. The molecule has 0 saturated carbocycles. The van der Waals surface area contributed by atoms with Gasteiger partial charge in [0.15, 0.2) is 11.5 Å². The number of hydrogen-bond acceptors (Lipinski definition) is 4. The van der Waals surface area contributed by atoms with Crippen LogP contribution < -0.4 is 19.5 Å². The maximum atomic E-state index is 12.5. The number of methoxy groups -OCH3 is 3. The maximum Gasteiger partial charge on any atom is 0.317 e. The lowest BCUT2D eigenvalue weighted by Gasteiger charge is -2.22. The van der Waals surface area contributed by atoms with Crippen molar-refractivity contribution >= 4 is 6.03 Å². The van der Waals surface area contributed by atoms with Crippen molar-refractivity contribution in [3.8, 4) is 17.2 Å². The molecule has 0 heterocycles. The largest absolute Gasteiger partial charge is 0.493 e. The molecule has 0 saturated heterocycles. The standard InChI is InChI=1S/C16H24F2N2O4/c1-5-6-20(10-14(17)18)16(21)19-9-11-7-12(22-2)15(24-4)13(8-11)23-3/h7-8,14H,5-6,9-10H2,1-4H3,(H,19,21). The molecule has 2 amide bonds. The molecule has 0 aromatic heterocycles. The fourth-order valence-corrected chi connectivity index (χ4v) is 2.24. The van der Waals surface area contributed by atoms with Gasteiger partial charge in [0.25, 0.3) is 6.43 Å². The van der Waals surface area contributed by atoms with Crippen molar-refractivity contribution in [3.05, 3.63) is 17.7 Å². The molecule has 0 atom stereocenters. The first kappa shape index (κ1) is 19.8. The molecule has 6 nitrogen and oxygen atoms in total. The summed E-state index contributed by atoms with van der Waals surface area (Å²) < 4.78 is 40.8. The molecule has 0 aliphatic heterocycles. The average Bonchev–Trinajstić information content (AvgIpc) is 2.57. The minimum Gasteiger partial charge on any atom is -0.493 e. The molecule has 1 N–H and O–H groups in total. The van der Waals surface area contributed by atoms with Crippen LogP contribution in [-0.2, 0) is 6.54 Å². The fraction of sp³-hybridized carbons (Fsp3) is 0.562. The third-order valence-electron chi connectivity index (χ3n) is 3.31. The molecule has 1 rings (SSSR count). The Bertz CT molecular complexity index is 516. The molecule has 0 aliphatic carbocycles. The molecule has 0 unspecified atom stereocenters. The van der Waals surface area contributed by atoms with Gasteiger partial charge in [-0.1, -0.05) is 6.92 Å². The van der Waals surface area contributed by atoms with Crippen molar-refractivity contribution in [2.24, 2.45) is 0 Å². The first-order valence-corrected chi connectivity index (χ1v) is 7.56. The second kappa shape index (κ2) is 9.79. The summed E-state index contributed by atoms with van der Waals surface area (Å²) in [5.41, 5.74) is 0.700. The van der Waals surface area contributed by atoms with Crippen LogP contribution in [0.25, 0.3) is 0 Å². The van der Waals surface area contributed by atoms with Gasteiger partial charge in [0, 0.05) is 13.1 Å². The third-order valence-corrected chi connectivity index (χ3v) is 3.31. The van der Waals surface area contributed by atoms with E-state index in [1.807, 2.05) is 6.92 Å². The topological polar surface area (TPSA) is 60.0 Å². The number of benzene rings is 1. The van der Waals surface area contributed by atoms with Gasteiger partial charge in [0.2, 0.25) is 5.75 Å². The molecule has 136 valence electrons. The van der Waals surface area contributed by atoms with E-state index in [1.165, 1.54) is 21.3 Å². The number of nitrogens with one attached hydrogen (secondary N) is 1. The van der Waals surface area contributed by atoms with Crippen molar-refractivity contribution in [3.63, 3.8) is 0 Å². The van der Waals surface area contributed by atoms with Crippen LogP contribution in [0.4, 0.5) is 13.6 Å². The van der Waals surface area contributed by atoms with E-state index in [-0.39, 0.29) is 13.1 Å². The highest BCUT2D eigenvalue weighted by Crippen LogP contribution is 2.38. The molecule has 1 aromatic carbocycles. The Morgan fingerprint density at radius 2 is 1.75 bits per heavy atom. The monoisotopic (exact) mass is 346 g/mol. The first-order valence-electron chi connectivity index (χ1n) is 7.56. The Kier molecular flexibility index (Phi) is 8.08. The van der Waals surface area contributed by atoms with Gasteiger partial charge in [-0.25, -0.2) is 13.6 Å². The summed E-state index contributed by atoms with van der Waals surface area (Å²) in [6, 6.07) is 2.85. The second-order valence-electron chi connectivity index (χ2n) is 5.03. The minimum atomic E-state index is -2.57. The lowest BCUT2D eigenvalue weighted by molar-refractivity contribution is 0.0982. The van der Waals surface area contributed by atoms with Gasteiger partial charge in [0.1, 0.15) is 0 Å². The minimum absolute atomic E-state index is 0.152. The number of carbonyl (C=O) groups excluding carboxylic acids is 1. The van der Waals surface area contributed by atoms with E-state index in [2.05, 4.69) is 5.32 Å². The number of urea groups is 1. The van der Waals surface area contributed by atoms with E-state index in [0.717, 1.165) is 4.90 Å². The number of rotatable bonds is 9. The van der Waals surface area contributed by atoms with E-state index >= 15 is 0 Å². The van der Waals surface area contributed by atoms with Crippen molar-refractivity contribution in [1.29, 1.82) is 0 Å². The second-order valence-corrected chi connectivity index (χ2v) is 5.03. The van der Waals surface area contributed by atoms with Crippen LogP contribution in [0.3, 0.4) is 0 Å². The average molecular weight is 346 g/mol. The van der Waals surface area contributed by atoms with Crippen molar-refractivity contribution in [2.45, 2.75) is 26.3 Å². The summed E-state index contributed by atoms with van der Waals surface area (Å²) in [6.07, 6.45) is -1.96. The predicted molar refractivity (Wildman–Crippen MR) is 86.2 cm³/mol. The van der Waals surface area contributed by atoms with Gasteiger partial charge in [-0.05, 0) is 24.1 Å². The third kappa shape index (κ3) is 5.43. The maximum absolute atomic E-state index is 12.5. The molecule has 0 radical (unpaired) electrons. The van der Waals surface area contributed by atoms with Gasteiger partial charge in [-0.2, -0.15) is 0 Å².